The minimum Gasteiger partial charge on any atom is -0.504 e. The first-order chi connectivity index (χ1) is 11.5. The number of ketones is 2. The maximum atomic E-state index is 11.9. The van der Waals surface area contributed by atoms with Crippen LogP contribution in [-0.2, 0) is 16.0 Å². The number of aliphatic hydroxyl groups excluding tert-OH is 2. The number of carbonyl (C=O) groups is 2. The van der Waals surface area contributed by atoms with Crippen LogP contribution in [0.1, 0.15) is 5.56 Å². The second-order valence-electron chi connectivity index (χ2n) is 5.29. The van der Waals surface area contributed by atoms with Gasteiger partial charge < -0.3 is 14.9 Å². The Morgan fingerprint density at radius 1 is 0.833 bits per heavy atom. The predicted molar refractivity (Wildman–Crippen MR) is 87.0 cm³/mol. The number of allylic oxidation sites excluding steroid dienone is 2. The lowest BCUT2D eigenvalue weighted by molar-refractivity contribution is -0.119. The number of aliphatic hydroxyl groups is 2. The normalized spacial score (nSPS) is 14.6. The van der Waals surface area contributed by atoms with Crippen LogP contribution in [0.2, 0.25) is 0 Å². The highest BCUT2D eigenvalue weighted by Gasteiger charge is 2.28. The highest BCUT2D eigenvalue weighted by Crippen LogP contribution is 2.24. The number of ether oxygens (including phenoxy) is 1. The van der Waals surface area contributed by atoms with Crippen molar-refractivity contribution in [3.8, 4) is 11.5 Å². The van der Waals surface area contributed by atoms with E-state index in [1.807, 2.05) is 30.3 Å². The Hall–Kier alpha value is -3.34. The van der Waals surface area contributed by atoms with Gasteiger partial charge in [0.2, 0.25) is 11.6 Å². The van der Waals surface area contributed by atoms with Gasteiger partial charge in [-0.2, -0.15) is 0 Å². The fourth-order valence-electron chi connectivity index (χ4n) is 2.34. The summed E-state index contributed by atoms with van der Waals surface area (Å²) in [5, 5.41) is 19.2. The summed E-state index contributed by atoms with van der Waals surface area (Å²) >= 11 is 0. The first kappa shape index (κ1) is 15.6. The third-order valence-electron chi connectivity index (χ3n) is 3.58. The molecule has 0 saturated heterocycles. The largest absolute Gasteiger partial charge is 0.504 e. The fraction of sp³-hybridized carbons (Fsp3) is 0.0526. The Bertz CT molecular complexity index is 845. The van der Waals surface area contributed by atoms with Crippen LogP contribution in [0.25, 0.3) is 0 Å². The quantitative estimate of drug-likeness (QED) is 0.843. The molecular weight excluding hydrogens is 308 g/mol. The van der Waals surface area contributed by atoms with Crippen molar-refractivity contribution in [3.05, 3.63) is 83.3 Å². The van der Waals surface area contributed by atoms with Crippen LogP contribution in [0, 0.1) is 0 Å². The summed E-state index contributed by atoms with van der Waals surface area (Å²) in [5.74, 6) is -1.47. The van der Waals surface area contributed by atoms with Crippen molar-refractivity contribution in [2.75, 3.05) is 0 Å². The highest BCUT2D eigenvalue weighted by molar-refractivity contribution is 6.20. The minimum absolute atomic E-state index is 0.0416. The molecule has 0 atom stereocenters. The van der Waals surface area contributed by atoms with Gasteiger partial charge >= 0.3 is 0 Å². The topological polar surface area (TPSA) is 83.8 Å². The van der Waals surface area contributed by atoms with Crippen molar-refractivity contribution in [2.45, 2.75) is 6.42 Å². The Balaban J connectivity index is 1.76. The Labute approximate surface area is 138 Å². The molecule has 0 unspecified atom stereocenters. The van der Waals surface area contributed by atoms with Gasteiger partial charge in [-0.1, -0.05) is 30.3 Å². The second kappa shape index (κ2) is 6.42. The molecule has 24 heavy (non-hydrogen) atoms. The molecule has 5 nitrogen and oxygen atoms in total. The molecule has 0 heterocycles. The van der Waals surface area contributed by atoms with Crippen molar-refractivity contribution in [2.24, 2.45) is 0 Å². The molecule has 1 aliphatic carbocycles. The molecule has 0 bridgehead atoms. The second-order valence-corrected chi connectivity index (χ2v) is 5.29. The summed E-state index contributed by atoms with van der Waals surface area (Å²) in [6.07, 6.45) is 0.762. The molecule has 0 aromatic heterocycles. The first-order valence-corrected chi connectivity index (χ1v) is 7.28. The van der Waals surface area contributed by atoms with Crippen molar-refractivity contribution in [3.63, 3.8) is 0 Å². The van der Waals surface area contributed by atoms with Gasteiger partial charge in [-0.3, -0.25) is 9.59 Å². The molecule has 0 fully saturated rings. The Morgan fingerprint density at radius 3 is 2.12 bits per heavy atom. The zero-order chi connectivity index (χ0) is 17.1. The maximum Gasteiger partial charge on any atom is 0.227 e. The van der Waals surface area contributed by atoms with E-state index < -0.39 is 23.1 Å². The summed E-state index contributed by atoms with van der Waals surface area (Å²) in [6.45, 7) is 0. The SMILES string of the molecule is O=C1C=C(O)C(=O)C(Cc2ccc(Oc3ccccc3)cc2)=C1O. The van der Waals surface area contributed by atoms with E-state index in [4.69, 9.17) is 4.74 Å². The number of Topliss-reactive ketones (excluding diaryl/α,β-unsaturated/α-hetero) is 1. The standard InChI is InChI=1S/C19H14O5/c20-16-11-17(21)19(23)15(18(16)22)10-12-6-8-14(9-7-12)24-13-4-2-1-3-5-13/h1-9,11,20,23H,10H2. The predicted octanol–water partition coefficient (Wildman–Crippen LogP) is 3.43. The molecule has 0 amide bonds. The number of hydrogen-bond acceptors (Lipinski definition) is 5. The van der Waals surface area contributed by atoms with Crippen LogP contribution in [0.15, 0.2) is 77.8 Å². The van der Waals surface area contributed by atoms with Crippen LogP contribution >= 0.6 is 0 Å². The number of hydrogen-bond donors (Lipinski definition) is 2. The zero-order valence-electron chi connectivity index (χ0n) is 12.6. The van der Waals surface area contributed by atoms with Gasteiger partial charge in [0.1, 0.15) is 11.5 Å². The van der Waals surface area contributed by atoms with Crippen LogP contribution in [0.3, 0.4) is 0 Å². The molecule has 0 spiro atoms. The molecule has 0 saturated carbocycles. The number of rotatable bonds is 4. The monoisotopic (exact) mass is 322 g/mol. The van der Waals surface area contributed by atoms with E-state index in [2.05, 4.69) is 0 Å². The average molecular weight is 322 g/mol. The molecule has 1 aliphatic rings. The van der Waals surface area contributed by atoms with Gasteiger partial charge in [-0.15, -0.1) is 0 Å². The maximum absolute atomic E-state index is 11.9. The van der Waals surface area contributed by atoms with E-state index in [-0.39, 0.29) is 12.0 Å². The van der Waals surface area contributed by atoms with E-state index >= 15 is 0 Å². The number of carbonyl (C=O) groups excluding carboxylic acids is 2. The molecule has 120 valence electrons. The molecule has 2 aromatic carbocycles. The lowest BCUT2D eigenvalue weighted by Crippen LogP contribution is -2.20. The summed E-state index contributed by atoms with van der Waals surface area (Å²) in [6, 6.07) is 16.2. The number of para-hydroxylation sites is 1. The van der Waals surface area contributed by atoms with E-state index in [0.29, 0.717) is 17.1 Å². The minimum atomic E-state index is -0.772. The Morgan fingerprint density at radius 2 is 1.46 bits per heavy atom. The molecule has 0 radical (unpaired) electrons. The van der Waals surface area contributed by atoms with Gasteiger partial charge in [-0.05, 0) is 29.8 Å². The third-order valence-corrected chi connectivity index (χ3v) is 3.58. The van der Waals surface area contributed by atoms with Crippen molar-refractivity contribution in [1.82, 2.24) is 0 Å². The van der Waals surface area contributed by atoms with Gasteiger partial charge in [0.05, 0.1) is 5.57 Å². The van der Waals surface area contributed by atoms with Crippen LogP contribution in [-0.4, -0.2) is 21.8 Å². The smallest absolute Gasteiger partial charge is 0.227 e. The van der Waals surface area contributed by atoms with Crippen molar-refractivity contribution in [1.29, 1.82) is 0 Å². The van der Waals surface area contributed by atoms with E-state index in [1.165, 1.54) is 0 Å². The molecular formula is C19H14O5. The van der Waals surface area contributed by atoms with Crippen LogP contribution < -0.4 is 4.74 Å². The lowest BCUT2D eigenvalue weighted by Gasteiger charge is -2.13. The Kier molecular flexibility index (Phi) is 4.16. The van der Waals surface area contributed by atoms with Crippen LogP contribution in [0.5, 0.6) is 11.5 Å². The van der Waals surface area contributed by atoms with Gasteiger partial charge in [0, 0.05) is 12.5 Å². The van der Waals surface area contributed by atoms with Gasteiger partial charge in [-0.25, -0.2) is 0 Å². The summed E-state index contributed by atoms with van der Waals surface area (Å²) in [5.41, 5.74) is 0.588. The average Bonchev–Trinajstić information content (AvgIpc) is 2.59. The lowest BCUT2D eigenvalue weighted by atomic mass is 9.94. The van der Waals surface area contributed by atoms with Crippen molar-refractivity contribution >= 4 is 11.6 Å². The van der Waals surface area contributed by atoms with Gasteiger partial charge in [0.15, 0.2) is 11.5 Å². The molecule has 5 heteroatoms. The molecule has 0 aliphatic heterocycles. The van der Waals surface area contributed by atoms with E-state index in [1.54, 1.807) is 24.3 Å². The van der Waals surface area contributed by atoms with E-state index in [0.717, 1.165) is 6.08 Å². The third kappa shape index (κ3) is 3.20. The van der Waals surface area contributed by atoms with Crippen LogP contribution in [0.4, 0.5) is 0 Å². The molecule has 2 N–H and O–H groups in total. The summed E-state index contributed by atoms with van der Waals surface area (Å²) in [7, 11) is 0. The van der Waals surface area contributed by atoms with E-state index in [9.17, 15) is 19.8 Å². The first-order valence-electron chi connectivity index (χ1n) is 7.28. The number of benzene rings is 2. The van der Waals surface area contributed by atoms with Crippen molar-refractivity contribution < 1.29 is 24.5 Å². The zero-order valence-corrected chi connectivity index (χ0v) is 12.6. The summed E-state index contributed by atoms with van der Waals surface area (Å²) < 4.78 is 5.67. The molecule has 3 rings (SSSR count). The summed E-state index contributed by atoms with van der Waals surface area (Å²) in [4.78, 5) is 23.4. The highest BCUT2D eigenvalue weighted by atomic mass is 16.5. The fourth-order valence-corrected chi connectivity index (χ4v) is 2.34. The molecule has 2 aromatic rings. The van der Waals surface area contributed by atoms with Gasteiger partial charge in [0.25, 0.3) is 0 Å².